The lowest BCUT2D eigenvalue weighted by Crippen LogP contribution is -2.26. The summed E-state index contributed by atoms with van der Waals surface area (Å²) < 4.78 is 6.76. The van der Waals surface area contributed by atoms with E-state index in [2.05, 4.69) is 20.3 Å². The van der Waals surface area contributed by atoms with E-state index in [1.807, 2.05) is 0 Å². The highest BCUT2D eigenvalue weighted by Crippen LogP contribution is 2.11. The largest absolute Gasteiger partial charge is 0.383 e. The highest BCUT2D eigenvalue weighted by molar-refractivity contribution is 7.71. The van der Waals surface area contributed by atoms with Gasteiger partial charge in [0.05, 0.1) is 30.4 Å². The third kappa shape index (κ3) is 3.89. The van der Waals surface area contributed by atoms with E-state index in [-0.39, 0.29) is 11.5 Å². The molecule has 0 fully saturated rings. The molecule has 0 unspecified atom stereocenters. The van der Waals surface area contributed by atoms with Gasteiger partial charge in [0.2, 0.25) is 0 Å². The van der Waals surface area contributed by atoms with Gasteiger partial charge in [-0.05, 0) is 30.4 Å². The summed E-state index contributed by atoms with van der Waals surface area (Å²) >= 11 is 5.25. The molecule has 0 saturated carbocycles. The zero-order valence-corrected chi connectivity index (χ0v) is 15.1. The summed E-state index contributed by atoms with van der Waals surface area (Å²) in [5.41, 5.74) is 1.74. The van der Waals surface area contributed by atoms with Crippen LogP contribution in [-0.4, -0.2) is 45.7 Å². The molecule has 8 nitrogen and oxygen atoms in total. The number of methoxy groups -OCH3 is 1. The number of fused-ring (bicyclic) bond motifs is 1. The van der Waals surface area contributed by atoms with Crippen molar-refractivity contribution in [3.63, 3.8) is 0 Å². The van der Waals surface area contributed by atoms with Crippen molar-refractivity contribution in [3.8, 4) is 0 Å². The van der Waals surface area contributed by atoms with Crippen molar-refractivity contribution in [1.29, 1.82) is 0 Å². The van der Waals surface area contributed by atoms with Crippen LogP contribution >= 0.6 is 12.2 Å². The standard InChI is InChI=1S/C17H19N5O3S/c1-25-7-6-22-16(24)13-3-2-11(8-14(13)21-17(22)26)15(23)19-5-4-12-9-18-10-20-12/h2-3,8-10H,4-7H2,1H3,(H,18,20)(H,19,23)(H,21,26). The average Bonchev–Trinajstić information content (AvgIpc) is 3.14. The molecule has 2 aromatic heterocycles. The molecule has 3 rings (SSSR count). The van der Waals surface area contributed by atoms with E-state index in [1.54, 1.807) is 37.8 Å². The Labute approximate surface area is 154 Å². The summed E-state index contributed by atoms with van der Waals surface area (Å²) in [5.74, 6) is -0.214. The molecule has 0 aliphatic heterocycles. The van der Waals surface area contributed by atoms with Gasteiger partial charge >= 0.3 is 0 Å². The minimum absolute atomic E-state index is 0.202. The van der Waals surface area contributed by atoms with Gasteiger partial charge in [-0.3, -0.25) is 14.2 Å². The van der Waals surface area contributed by atoms with Gasteiger partial charge in [0.25, 0.3) is 11.5 Å². The maximum Gasteiger partial charge on any atom is 0.262 e. The van der Waals surface area contributed by atoms with Crippen molar-refractivity contribution >= 4 is 29.0 Å². The fourth-order valence-corrected chi connectivity index (χ4v) is 2.90. The first-order valence-corrected chi connectivity index (χ1v) is 8.52. The molecule has 1 aromatic carbocycles. The molecule has 0 spiro atoms. The number of hydrogen-bond acceptors (Lipinski definition) is 5. The second-order valence-electron chi connectivity index (χ2n) is 5.72. The Hall–Kier alpha value is -2.78. The highest BCUT2D eigenvalue weighted by atomic mass is 32.1. The fourth-order valence-electron chi connectivity index (χ4n) is 2.62. The molecule has 2 heterocycles. The summed E-state index contributed by atoms with van der Waals surface area (Å²) in [5, 5.41) is 3.32. The maximum absolute atomic E-state index is 12.6. The fraction of sp³-hybridized carbons (Fsp3) is 0.294. The molecule has 0 saturated heterocycles. The van der Waals surface area contributed by atoms with Gasteiger partial charge in [-0.15, -0.1) is 0 Å². The Morgan fingerprint density at radius 3 is 3.00 bits per heavy atom. The van der Waals surface area contributed by atoms with Crippen LogP contribution < -0.4 is 10.9 Å². The van der Waals surface area contributed by atoms with Crippen LogP contribution in [0.2, 0.25) is 0 Å². The number of carbonyl (C=O) groups is 1. The number of imidazole rings is 1. The van der Waals surface area contributed by atoms with Crippen LogP contribution in [0, 0.1) is 4.77 Å². The first kappa shape index (κ1) is 18.0. The van der Waals surface area contributed by atoms with Crippen LogP contribution in [0.4, 0.5) is 0 Å². The predicted molar refractivity (Wildman–Crippen MR) is 99.9 cm³/mol. The van der Waals surface area contributed by atoms with Crippen LogP contribution in [0.25, 0.3) is 10.9 Å². The molecule has 9 heteroatoms. The molecule has 0 aliphatic rings. The molecule has 26 heavy (non-hydrogen) atoms. The number of rotatable bonds is 7. The van der Waals surface area contributed by atoms with E-state index in [4.69, 9.17) is 17.0 Å². The van der Waals surface area contributed by atoms with Gasteiger partial charge in [0, 0.05) is 37.5 Å². The zero-order valence-electron chi connectivity index (χ0n) is 14.2. The van der Waals surface area contributed by atoms with E-state index in [0.717, 1.165) is 5.69 Å². The van der Waals surface area contributed by atoms with Gasteiger partial charge in [-0.2, -0.15) is 0 Å². The van der Waals surface area contributed by atoms with Gasteiger partial charge < -0.3 is 20.0 Å². The molecular weight excluding hydrogens is 354 g/mol. The van der Waals surface area contributed by atoms with E-state index in [0.29, 0.717) is 47.4 Å². The summed E-state index contributed by atoms with van der Waals surface area (Å²) in [6, 6.07) is 4.90. The number of aromatic nitrogens is 4. The molecule has 136 valence electrons. The van der Waals surface area contributed by atoms with E-state index in [9.17, 15) is 9.59 Å². The molecule has 0 atom stereocenters. The third-order valence-corrected chi connectivity index (χ3v) is 4.32. The Bertz CT molecular complexity index is 1020. The SMILES string of the molecule is COCCn1c(=S)[nH]c2cc(C(=O)NCCc3cnc[nH]3)ccc2c1=O. The van der Waals surface area contributed by atoms with Crippen LogP contribution in [-0.2, 0) is 17.7 Å². The molecule has 3 aromatic rings. The smallest absolute Gasteiger partial charge is 0.262 e. The van der Waals surface area contributed by atoms with Crippen molar-refractivity contribution in [2.75, 3.05) is 20.3 Å². The number of H-pyrrole nitrogens is 2. The maximum atomic E-state index is 12.6. The number of aromatic amines is 2. The molecule has 1 amide bonds. The molecule has 3 N–H and O–H groups in total. The number of ether oxygens (including phenoxy) is 1. The monoisotopic (exact) mass is 373 g/mol. The Morgan fingerprint density at radius 1 is 1.42 bits per heavy atom. The summed E-state index contributed by atoms with van der Waals surface area (Å²) in [4.78, 5) is 34.8. The van der Waals surface area contributed by atoms with Crippen molar-refractivity contribution in [1.82, 2.24) is 24.8 Å². The van der Waals surface area contributed by atoms with Crippen LogP contribution in [0.5, 0.6) is 0 Å². The quantitative estimate of drug-likeness (QED) is 0.543. The Kier molecular flexibility index (Phi) is 5.59. The van der Waals surface area contributed by atoms with Gasteiger partial charge in [0.1, 0.15) is 0 Å². The lowest BCUT2D eigenvalue weighted by molar-refractivity contribution is 0.0954. The van der Waals surface area contributed by atoms with E-state index < -0.39 is 0 Å². The number of benzene rings is 1. The molecule has 0 bridgehead atoms. The third-order valence-electron chi connectivity index (χ3n) is 4.00. The lowest BCUT2D eigenvalue weighted by Gasteiger charge is -2.09. The van der Waals surface area contributed by atoms with Crippen molar-refractivity contribution in [2.45, 2.75) is 13.0 Å². The zero-order chi connectivity index (χ0) is 18.5. The minimum Gasteiger partial charge on any atom is -0.383 e. The Balaban J connectivity index is 1.79. The lowest BCUT2D eigenvalue weighted by atomic mass is 10.1. The Morgan fingerprint density at radius 2 is 2.27 bits per heavy atom. The van der Waals surface area contributed by atoms with Crippen molar-refractivity contribution in [3.05, 3.63) is 57.1 Å². The average molecular weight is 373 g/mol. The van der Waals surface area contributed by atoms with Crippen LogP contribution in [0.1, 0.15) is 16.1 Å². The van der Waals surface area contributed by atoms with Gasteiger partial charge in [0.15, 0.2) is 4.77 Å². The summed E-state index contributed by atoms with van der Waals surface area (Å²) in [6.45, 7) is 1.24. The summed E-state index contributed by atoms with van der Waals surface area (Å²) in [6.07, 6.45) is 3.98. The second-order valence-corrected chi connectivity index (χ2v) is 6.11. The topological polar surface area (TPSA) is 105 Å². The normalized spacial score (nSPS) is 11.0. The van der Waals surface area contributed by atoms with E-state index >= 15 is 0 Å². The predicted octanol–water partition coefficient (Wildman–Crippen LogP) is 1.40. The molecule has 0 radical (unpaired) electrons. The van der Waals surface area contributed by atoms with Gasteiger partial charge in [-0.1, -0.05) is 0 Å². The van der Waals surface area contributed by atoms with Crippen LogP contribution in [0.3, 0.4) is 0 Å². The number of nitrogens with one attached hydrogen (secondary N) is 3. The minimum atomic E-state index is -0.214. The van der Waals surface area contributed by atoms with Crippen LogP contribution in [0.15, 0.2) is 35.5 Å². The number of nitrogens with zero attached hydrogens (tertiary/aromatic N) is 2. The summed E-state index contributed by atoms with van der Waals surface area (Å²) in [7, 11) is 1.57. The van der Waals surface area contributed by atoms with Crippen molar-refractivity contribution in [2.24, 2.45) is 0 Å². The second kappa shape index (κ2) is 8.07. The molecular formula is C17H19N5O3S. The van der Waals surface area contributed by atoms with E-state index in [1.165, 1.54) is 4.57 Å². The number of hydrogen-bond donors (Lipinski definition) is 3. The first-order chi connectivity index (χ1) is 12.6. The first-order valence-electron chi connectivity index (χ1n) is 8.11. The number of carbonyl (C=O) groups excluding carboxylic acids is 1. The highest BCUT2D eigenvalue weighted by Gasteiger charge is 2.10. The number of amides is 1. The van der Waals surface area contributed by atoms with Gasteiger partial charge in [-0.25, -0.2) is 4.98 Å². The van der Waals surface area contributed by atoms with Crippen molar-refractivity contribution < 1.29 is 9.53 Å². The molecule has 0 aliphatic carbocycles.